The molecule has 0 fully saturated rings. The molecule has 0 spiro atoms. The molecule has 0 aliphatic rings. The first-order chi connectivity index (χ1) is 16.5. The smallest absolute Gasteiger partial charge is 0.343 e. The molecule has 3 rings (SSSR count). The molecule has 0 saturated heterocycles. The number of hydrazone groups is 1. The second-order valence-corrected chi connectivity index (χ2v) is 6.80. The van der Waals surface area contributed by atoms with E-state index in [9.17, 15) is 9.59 Å². The lowest BCUT2D eigenvalue weighted by atomic mass is 10.1. The Bertz CT molecular complexity index is 1150. The van der Waals surface area contributed by atoms with Crippen LogP contribution in [0.2, 0.25) is 0 Å². The maximum Gasteiger partial charge on any atom is 0.343 e. The van der Waals surface area contributed by atoms with Crippen LogP contribution < -0.4 is 29.1 Å². The molecule has 3 aromatic carbocycles. The number of carbonyl (C=O) groups excluding carboxylic acids is 2. The van der Waals surface area contributed by atoms with Crippen LogP contribution in [0.5, 0.6) is 28.7 Å². The number of nitrogens with zero attached hydrogens (tertiary/aromatic N) is 1. The fourth-order valence-corrected chi connectivity index (χ4v) is 2.96. The van der Waals surface area contributed by atoms with E-state index in [1.54, 1.807) is 55.6 Å². The fourth-order valence-electron chi connectivity index (χ4n) is 2.96. The van der Waals surface area contributed by atoms with E-state index in [1.165, 1.54) is 39.7 Å². The minimum Gasteiger partial charge on any atom is -0.497 e. The van der Waals surface area contributed by atoms with Crippen LogP contribution in [0.15, 0.2) is 65.8 Å². The van der Waals surface area contributed by atoms with Crippen molar-refractivity contribution in [3.8, 4) is 28.7 Å². The molecule has 34 heavy (non-hydrogen) atoms. The highest BCUT2D eigenvalue weighted by Crippen LogP contribution is 2.38. The summed E-state index contributed by atoms with van der Waals surface area (Å²) in [6.45, 7) is 0. The maximum atomic E-state index is 12.5. The summed E-state index contributed by atoms with van der Waals surface area (Å²) in [5.41, 5.74) is 3.83. The largest absolute Gasteiger partial charge is 0.497 e. The summed E-state index contributed by atoms with van der Waals surface area (Å²) in [6, 6.07) is 16.3. The van der Waals surface area contributed by atoms with Gasteiger partial charge in [-0.1, -0.05) is 0 Å². The predicted octanol–water partition coefficient (Wildman–Crippen LogP) is 3.70. The van der Waals surface area contributed by atoms with Gasteiger partial charge in [0.2, 0.25) is 5.75 Å². The molecule has 0 radical (unpaired) electrons. The molecule has 9 heteroatoms. The van der Waals surface area contributed by atoms with Gasteiger partial charge >= 0.3 is 5.97 Å². The first-order valence-electron chi connectivity index (χ1n) is 10.1. The second kappa shape index (κ2) is 11.4. The predicted molar refractivity (Wildman–Crippen MR) is 126 cm³/mol. The third kappa shape index (κ3) is 5.83. The maximum absolute atomic E-state index is 12.5. The first-order valence-corrected chi connectivity index (χ1v) is 10.1. The highest BCUT2D eigenvalue weighted by molar-refractivity contribution is 5.96. The van der Waals surface area contributed by atoms with Gasteiger partial charge in [0.05, 0.1) is 40.2 Å². The molecule has 0 aliphatic heterocycles. The number of carbonyl (C=O) groups is 2. The monoisotopic (exact) mass is 464 g/mol. The van der Waals surface area contributed by atoms with Gasteiger partial charge in [0.25, 0.3) is 5.91 Å². The van der Waals surface area contributed by atoms with Crippen LogP contribution >= 0.6 is 0 Å². The highest BCUT2D eigenvalue weighted by atomic mass is 16.5. The van der Waals surface area contributed by atoms with Gasteiger partial charge in [-0.25, -0.2) is 10.2 Å². The van der Waals surface area contributed by atoms with Gasteiger partial charge < -0.3 is 23.7 Å². The molecule has 0 bridgehead atoms. The molecule has 0 unspecified atom stereocenters. The molecule has 176 valence electrons. The van der Waals surface area contributed by atoms with E-state index < -0.39 is 11.9 Å². The Labute approximate surface area is 196 Å². The number of hydrogen-bond acceptors (Lipinski definition) is 8. The minimum atomic E-state index is -0.485. The van der Waals surface area contributed by atoms with E-state index in [2.05, 4.69) is 10.5 Å². The Morgan fingerprint density at radius 2 is 1.32 bits per heavy atom. The van der Waals surface area contributed by atoms with Gasteiger partial charge in [-0.05, 0) is 66.2 Å². The highest BCUT2D eigenvalue weighted by Gasteiger charge is 2.16. The number of amides is 1. The van der Waals surface area contributed by atoms with Crippen molar-refractivity contribution >= 4 is 18.1 Å². The molecule has 0 aromatic heterocycles. The van der Waals surface area contributed by atoms with Gasteiger partial charge in [0.15, 0.2) is 11.5 Å². The lowest BCUT2D eigenvalue weighted by molar-refractivity contribution is 0.0734. The van der Waals surface area contributed by atoms with Gasteiger partial charge in [-0.3, -0.25) is 4.79 Å². The Morgan fingerprint density at radius 3 is 1.85 bits per heavy atom. The number of methoxy groups -OCH3 is 4. The Morgan fingerprint density at radius 1 is 0.735 bits per heavy atom. The van der Waals surface area contributed by atoms with E-state index >= 15 is 0 Å². The lowest BCUT2D eigenvalue weighted by Gasteiger charge is -2.13. The Balaban J connectivity index is 1.61. The van der Waals surface area contributed by atoms with Crippen LogP contribution in [-0.2, 0) is 0 Å². The van der Waals surface area contributed by atoms with E-state index in [1.807, 2.05) is 0 Å². The number of esters is 1. The summed E-state index contributed by atoms with van der Waals surface area (Å²) in [5.74, 6) is 1.18. The van der Waals surface area contributed by atoms with E-state index in [0.29, 0.717) is 39.9 Å². The van der Waals surface area contributed by atoms with Crippen molar-refractivity contribution in [2.45, 2.75) is 0 Å². The topological polar surface area (TPSA) is 105 Å². The number of rotatable bonds is 9. The fraction of sp³-hybridized carbons (Fsp3) is 0.160. The summed E-state index contributed by atoms with van der Waals surface area (Å²) in [5, 5.41) is 3.97. The molecule has 1 N–H and O–H groups in total. The van der Waals surface area contributed by atoms with Gasteiger partial charge in [-0.15, -0.1) is 0 Å². The third-order valence-corrected chi connectivity index (χ3v) is 4.72. The van der Waals surface area contributed by atoms with Crippen molar-refractivity contribution in [1.82, 2.24) is 5.43 Å². The summed E-state index contributed by atoms with van der Waals surface area (Å²) in [4.78, 5) is 24.7. The third-order valence-electron chi connectivity index (χ3n) is 4.72. The van der Waals surface area contributed by atoms with Crippen molar-refractivity contribution in [2.75, 3.05) is 28.4 Å². The van der Waals surface area contributed by atoms with Crippen molar-refractivity contribution in [3.05, 3.63) is 77.4 Å². The average molecular weight is 464 g/mol. The molecular weight excluding hydrogens is 440 g/mol. The summed E-state index contributed by atoms with van der Waals surface area (Å²) >= 11 is 0. The molecule has 9 nitrogen and oxygen atoms in total. The van der Waals surface area contributed by atoms with Gasteiger partial charge in [-0.2, -0.15) is 5.10 Å². The van der Waals surface area contributed by atoms with Crippen molar-refractivity contribution < 1.29 is 33.3 Å². The van der Waals surface area contributed by atoms with E-state index in [0.717, 1.165) is 0 Å². The normalized spacial score (nSPS) is 10.5. The summed E-state index contributed by atoms with van der Waals surface area (Å²) in [6.07, 6.45) is 1.46. The Kier molecular flexibility index (Phi) is 8.07. The van der Waals surface area contributed by atoms with Crippen LogP contribution in [0.4, 0.5) is 0 Å². The number of ether oxygens (including phenoxy) is 5. The molecule has 0 aliphatic carbocycles. The zero-order chi connectivity index (χ0) is 24.5. The quantitative estimate of drug-likeness (QED) is 0.223. The molecule has 1 amide bonds. The van der Waals surface area contributed by atoms with Crippen LogP contribution in [0.25, 0.3) is 0 Å². The molecule has 0 atom stereocenters. The average Bonchev–Trinajstić information content (AvgIpc) is 2.88. The standard InChI is InChI=1S/C25H24N2O7/c1-30-19-11-7-17(8-12-19)25(29)34-20-9-5-16(6-10-20)15-26-27-24(28)18-13-21(31-2)23(33-4)22(14-18)32-3/h5-15H,1-4H3,(H,27,28)/b26-15+. The Hall–Kier alpha value is -4.53. The number of nitrogens with one attached hydrogen (secondary N) is 1. The van der Waals surface area contributed by atoms with Gasteiger partial charge in [0.1, 0.15) is 11.5 Å². The van der Waals surface area contributed by atoms with Crippen LogP contribution in [0, 0.1) is 0 Å². The van der Waals surface area contributed by atoms with E-state index in [-0.39, 0.29) is 5.56 Å². The second-order valence-electron chi connectivity index (χ2n) is 6.80. The molecule has 0 saturated carbocycles. The van der Waals surface area contributed by atoms with Crippen molar-refractivity contribution in [1.29, 1.82) is 0 Å². The van der Waals surface area contributed by atoms with Crippen molar-refractivity contribution in [2.24, 2.45) is 5.10 Å². The van der Waals surface area contributed by atoms with Gasteiger partial charge in [0, 0.05) is 5.56 Å². The van der Waals surface area contributed by atoms with Crippen LogP contribution in [0.3, 0.4) is 0 Å². The van der Waals surface area contributed by atoms with Crippen LogP contribution in [-0.4, -0.2) is 46.5 Å². The number of hydrogen-bond donors (Lipinski definition) is 1. The zero-order valence-corrected chi connectivity index (χ0v) is 19.2. The number of benzene rings is 3. The van der Waals surface area contributed by atoms with Crippen molar-refractivity contribution in [3.63, 3.8) is 0 Å². The lowest BCUT2D eigenvalue weighted by Crippen LogP contribution is -2.18. The molecular formula is C25H24N2O7. The minimum absolute atomic E-state index is 0.285. The molecule has 3 aromatic rings. The first kappa shape index (κ1) is 24.1. The SMILES string of the molecule is COc1ccc(C(=O)Oc2ccc(/C=N/NC(=O)c3cc(OC)c(OC)c(OC)c3)cc2)cc1. The van der Waals surface area contributed by atoms with Crippen LogP contribution in [0.1, 0.15) is 26.3 Å². The molecule has 0 heterocycles. The summed E-state index contributed by atoms with van der Waals surface area (Å²) in [7, 11) is 5.97. The zero-order valence-electron chi connectivity index (χ0n) is 19.2. The van der Waals surface area contributed by atoms with E-state index in [4.69, 9.17) is 23.7 Å². The summed E-state index contributed by atoms with van der Waals surface area (Å²) < 4.78 is 26.2.